The Balaban J connectivity index is 2.57. The lowest BCUT2D eigenvalue weighted by Gasteiger charge is -2.03. The zero-order valence-corrected chi connectivity index (χ0v) is 8.95. The van der Waals surface area contributed by atoms with Crippen molar-refractivity contribution in [3.63, 3.8) is 0 Å². The van der Waals surface area contributed by atoms with E-state index in [0.29, 0.717) is 5.78 Å². The van der Waals surface area contributed by atoms with Crippen molar-refractivity contribution in [2.45, 2.75) is 33.1 Å². The lowest BCUT2D eigenvalue weighted by atomic mass is 10.1. The highest BCUT2D eigenvalue weighted by Gasteiger charge is 2.09. The van der Waals surface area contributed by atoms with E-state index >= 15 is 0 Å². The van der Waals surface area contributed by atoms with Gasteiger partial charge >= 0.3 is 0 Å². The molecule has 0 saturated heterocycles. The van der Waals surface area contributed by atoms with E-state index in [1.165, 1.54) is 10.8 Å². The first kappa shape index (κ1) is 9.89. The van der Waals surface area contributed by atoms with Gasteiger partial charge in [-0.15, -0.1) is 0 Å². The predicted octanol–water partition coefficient (Wildman–Crippen LogP) is 1.07. The molecule has 0 aliphatic carbocycles. The van der Waals surface area contributed by atoms with E-state index in [2.05, 4.69) is 22.0 Å². The summed E-state index contributed by atoms with van der Waals surface area (Å²) in [7, 11) is 0. The van der Waals surface area contributed by atoms with Gasteiger partial charge in [0.2, 0.25) is 0 Å². The SMILES string of the molecule is CCCCc1c(C)nc2nc[nH]n2c1=O. The van der Waals surface area contributed by atoms with Crippen LogP contribution in [-0.2, 0) is 6.42 Å². The molecule has 0 atom stereocenters. The van der Waals surface area contributed by atoms with Crippen LogP contribution in [0.15, 0.2) is 11.1 Å². The molecule has 2 rings (SSSR count). The average molecular weight is 206 g/mol. The molecule has 0 unspecified atom stereocenters. The summed E-state index contributed by atoms with van der Waals surface area (Å²) in [4.78, 5) is 20.2. The molecule has 0 fully saturated rings. The lowest BCUT2D eigenvalue weighted by molar-refractivity contribution is 0.759. The Morgan fingerprint density at radius 2 is 2.33 bits per heavy atom. The minimum Gasteiger partial charge on any atom is -0.278 e. The van der Waals surface area contributed by atoms with Crippen LogP contribution < -0.4 is 5.56 Å². The summed E-state index contributed by atoms with van der Waals surface area (Å²) >= 11 is 0. The molecule has 1 N–H and O–H groups in total. The highest BCUT2D eigenvalue weighted by atomic mass is 16.1. The Bertz CT molecular complexity index is 526. The molecule has 2 heterocycles. The molecule has 0 aliphatic rings. The van der Waals surface area contributed by atoms with Crippen molar-refractivity contribution < 1.29 is 0 Å². The van der Waals surface area contributed by atoms with Crippen LogP contribution in [0.2, 0.25) is 0 Å². The number of hydrogen-bond donors (Lipinski definition) is 1. The molecule has 0 spiro atoms. The Hall–Kier alpha value is -1.65. The van der Waals surface area contributed by atoms with Gasteiger partial charge in [-0.05, 0) is 19.8 Å². The number of aromatic nitrogens is 4. The van der Waals surface area contributed by atoms with Crippen LogP contribution in [0.4, 0.5) is 0 Å². The Labute approximate surface area is 87.2 Å². The number of nitrogens with zero attached hydrogens (tertiary/aromatic N) is 3. The fraction of sp³-hybridized carbons (Fsp3) is 0.500. The second kappa shape index (κ2) is 3.84. The maximum absolute atomic E-state index is 12.0. The van der Waals surface area contributed by atoms with Gasteiger partial charge in [0.1, 0.15) is 6.33 Å². The molecule has 0 bridgehead atoms. The topological polar surface area (TPSA) is 63.1 Å². The number of nitrogens with one attached hydrogen (secondary N) is 1. The van der Waals surface area contributed by atoms with Crippen molar-refractivity contribution in [1.82, 2.24) is 19.6 Å². The van der Waals surface area contributed by atoms with Gasteiger partial charge in [-0.1, -0.05) is 13.3 Å². The third-order valence-electron chi connectivity index (χ3n) is 2.51. The quantitative estimate of drug-likeness (QED) is 0.817. The van der Waals surface area contributed by atoms with E-state index in [-0.39, 0.29) is 5.56 Å². The van der Waals surface area contributed by atoms with Gasteiger partial charge in [0, 0.05) is 5.56 Å². The van der Waals surface area contributed by atoms with Crippen LogP contribution >= 0.6 is 0 Å². The Kier molecular flexibility index (Phi) is 2.53. The summed E-state index contributed by atoms with van der Waals surface area (Å²) in [5.74, 6) is 0.442. The van der Waals surface area contributed by atoms with Crippen molar-refractivity contribution in [1.29, 1.82) is 0 Å². The number of unbranched alkanes of at least 4 members (excludes halogenated alkanes) is 1. The fourth-order valence-corrected chi connectivity index (χ4v) is 1.64. The van der Waals surface area contributed by atoms with Crippen molar-refractivity contribution in [2.24, 2.45) is 0 Å². The van der Waals surface area contributed by atoms with Crippen molar-refractivity contribution >= 4 is 5.78 Å². The predicted molar refractivity (Wildman–Crippen MR) is 57.0 cm³/mol. The molecule has 5 heteroatoms. The standard InChI is InChI=1S/C10H14N4O/c1-3-4-5-8-7(2)13-10-11-6-12-14(10)9(8)15/h6H,3-5H2,1-2H3,(H,11,12,13). The number of aromatic amines is 1. The maximum atomic E-state index is 12.0. The second-order valence-corrected chi connectivity index (χ2v) is 3.61. The third-order valence-corrected chi connectivity index (χ3v) is 2.51. The molecular weight excluding hydrogens is 192 g/mol. The summed E-state index contributed by atoms with van der Waals surface area (Å²) in [5.41, 5.74) is 1.56. The molecular formula is C10H14N4O. The van der Waals surface area contributed by atoms with E-state index in [1.54, 1.807) is 0 Å². The van der Waals surface area contributed by atoms with Gasteiger partial charge in [0.25, 0.3) is 11.3 Å². The van der Waals surface area contributed by atoms with Crippen LogP contribution in [0.25, 0.3) is 5.78 Å². The van der Waals surface area contributed by atoms with Gasteiger partial charge in [0.15, 0.2) is 0 Å². The first-order valence-electron chi connectivity index (χ1n) is 5.15. The monoisotopic (exact) mass is 206 g/mol. The van der Waals surface area contributed by atoms with Gasteiger partial charge < -0.3 is 0 Å². The smallest absolute Gasteiger partial charge is 0.277 e. The van der Waals surface area contributed by atoms with Crippen molar-refractivity contribution in [3.8, 4) is 0 Å². The number of aryl methyl sites for hydroxylation is 1. The number of rotatable bonds is 3. The molecule has 0 radical (unpaired) electrons. The first-order chi connectivity index (χ1) is 7.24. The van der Waals surface area contributed by atoms with Crippen LogP contribution in [0.3, 0.4) is 0 Å². The Morgan fingerprint density at radius 3 is 3.07 bits per heavy atom. The highest BCUT2D eigenvalue weighted by Crippen LogP contribution is 2.05. The largest absolute Gasteiger partial charge is 0.278 e. The summed E-state index contributed by atoms with van der Waals surface area (Å²) in [6, 6.07) is 0. The van der Waals surface area contributed by atoms with E-state index in [9.17, 15) is 4.79 Å². The molecule has 0 aliphatic heterocycles. The van der Waals surface area contributed by atoms with Crippen molar-refractivity contribution in [3.05, 3.63) is 27.9 Å². The van der Waals surface area contributed by atoms with Gasteiger partial charge in [-0.3, -0.25) is 9.89 Å². The van der Waals surface area contributed by atoms with E-state index in [0.717, 1.165) is 30.5 Å². The van der Waals surface area contributed by atoms with Crippen LogP contribution in [-0.4, -0.2) is 19.6 Å². The maximum Gasteiger partial charge on any atom is 0.277 e. The van der Waals surface area contributed by atoms with Crippen LogP contribution in [0.1, 0.15) is 31.0 Å². The van der Waals surface area contributed by atoms with Gasteiger partial charge in [-0.25, -0.2) is 9.97 Å². The lowest BCUT2D eigenvalue weighted by Crippen LogP contribution is -2.21. The van der Waals surface area contributed by atoms with Crippen molar-refractivity contribution in [2.75, 3.05) is 0 Å². The molecule has 0 saturated carbocycles. The van der Waals surface area contributed by atoms with E-state index < -0.39 is 0 Å². The highest BCUT2D eigenvalue weighted by molar-refractivity contribution is 5.30. The summed E-state index contributed by atoms with van der Waals surface area (Å²) in [5, 5.41) is 2.76. The van der Waals surface area contributed by atoms with Crippen LogP contribution in [0.5, 0.6) is 0 Å². The summed E-state index contributed by atoms with van der Waals surface area (Å²) < 4.78 is 1.39. The zero-order valence-electron chi connectivity index (χ0n) is 8.95. The molecule has 5 nitrogen and oxygen atoms in total. The molecule has 80 valence electrons. The molecule has 0 aromatic carbocycles. The summed E-state index contributed by atoms with van der Waals surface area (Å²) in [6.07, 6.45) is 4.35. The minimum atomic E-state index is -0.0246. The van der Waals surface area contributed by atoms with Gasteiger partial charge in [-0.2, -0.15) is 4.52 Å². The molecule has 2 aromatic rings. The Morgan fingerprint density at radius 1 is 1.53 bits per heavy atom. The van der Waals surface area contributed by atoms with Gasteiger partial charge in [0.05, 0.1) is 5.69 Å². The van der Waals surface area contributed by atoms with E-state index in [4.69, 9.17) is 0 Å². The molecule has 0 amide bonds. The first-order valence-corrected chi connectivity index (χ1v) is 5.15. The third kappa shape index (κ3) is 1.65. The number of fused-ring (bicyclic) bond motifs is 1. The second-order valence-electron chi connectivity index (χ2n) is 3.61. The van der Waals surface area contributed by atoms with E-state index in [1.807, 2.05) is 6.92 Å². The average Bonchev–Trinajstić information content (AvgIpc) is 2.65. The number of hydrogen-bond acceptors (Lipinski definition) is 3. The minimum absolute atomic E-state index is 0.0246. The normalized spacial score (nSPS) is 11.1. The molecule has 15 heavy (non-hydrogen) atoms. The molecule has 2 aromatic heterocycles. The fourth-order valence-electron chi connectivity index (χ4n) is 1.64. The van der Waals surface area contributed by atoms with Crippen LogP contribution in [0, 0.1) is 6.92 Å². The summed E-state index contributed by atoms with van der Waals surface area (Å²) in [6.45, 7) is 3.97. The number of H-pyrrole nitrogens is 1. The zero-order chi connectivity index (χ0) is 10.8.